The van der Waals surface area contributed by atoms with Crippen LogP contribution in [0.2, 0.25) is 0 Å². The normalized spacial score (nSPS) is 9.78. The molecule has 0 aliphatic carbocycles. The Morgan fingerprint density at radius 1 is 1.22 bits per heavy atom. The van der Waals surface area contributed by atoms with Crippen LogP contribution in [-0.4, -0.2) is 24.2 Å². The second-order valence-corrected chi connectivity index (χ2v) is 4.26. The molecule has 0 radical (unpaired) electrons. The molecule has 0 unspecified atom stereocenters. The first-order valence-electron chi connectivity index (χ1n) is 5.57. The molecule has 98 valence electrons. The van der Waals surface area contributed by atoms with E-state index in [1.807, 2.05) is 13.8 Å². The fraction of sp³-hybridized carbons (Fsp3) is 0.333. The molecule has 18 heavy (non-hydrogen) atoms. The molecular weight excluding hydrogens is 250 g/mol. The van der Waals surface area contributed by atoms with Crippen molar-refractivity contribution in [1.29, 1.82) is 0 Å². The fourth-order valence-electron chi connectivity index (χ4n) is 1.21. The molecule has 0 saturated heterocycles. The average Bonchev–Trinajstić information content (AvgIpc) is 2.35. The highest BCUT2D eigenvalue weighted by Gasteiger charge is 2.05. The largest absolute Gasteiger partial charge is 0.491 e. The van der Waals surface area contributed by atoms with Crippen LogP contribution in [0.4, 0.5) is 0 Å². The third-order valence-electron chi connectivity index (χ3n) is 2.00. The molecule has 1 rings (SSSR count). The molecule has 0 bridgehead atoms. The van der Waals surface area contributed by atoms with Crippen LogP contribution >= 0.6 is 12.2 Å². The number of hydrogen-bond acceptors (Lipinski definition) is 3. The summed E-state index contributed by atoms with van der Waals surface area (Å²) in [4.78, 5) is 11.7. The molecule has 0 saturated carbocycles. The smallest absolute Gasteiger partial charge is 0.269 e. The Hall–Kier alpha value is -1.82. The van der Waals surface area contributed by atoms with Crippen LogP contribution in [-0.2, 0) is 0 Å². The molecule has 0 aromatic heterocycles. The predicted molar refractivity (Wildman–Crippen MR) is 74.5 cm³/mol. The number of hydrogen-bond donors (Lipinski definition) is 3. The van der Waals surface area contributed by atoms with E-state index in [4.69, 9.17) is 17.0 Å². The van der Waals surface area contributed by atoms with E-state index in [2.05, 4.69) is 16.2 Å². The van der Waals surface area contributed by atoms with Crippen molar-refractivity contribution < 1.29 is 9.53 Å². The minimum atomic E-state index is -0.260. The monoisotopic (exact) mass is 267 g/mol. The molecule has 6 heteroatoms. The zero-order valence-electron chi connectivity index (χ0n) is 10.6. The van der Waals surface area contributed by atoms with Crippen molar-refractivity contribution in [3.63, 3.8) is 0 Å². The molecule has 0 heterocycles. The van der Waals surface area contributed by atoms with Crippen LogP contribution in [0.5, 0.6) is 5.75 Å². The zero-order chi connectivity index (χ0) is 13.5. The number of carbonyl (C=O) groups excluding carboxylic acids is 1. The maximum Gasteiger partial charge on any atom is 0.269 e. The van der Waals surface area contributed by atoms with Crippen LogP contribution in [0.25, 0.3) is 0 Å². The number of thiocarbonyl (C=S) groups is 1. The minimum absolute atomic E-state index is 0.111. The summed E-state index contributed by atoms with van der Waals surface area (Å²) >= 11 is 4.83. The molecule has 0 aliphatic rings. The van der Waals surface area contributed by atoms with Crippen molar-refractivity contribution in [2.45, 2.75) is 20.0 Å². The highest BCUT2D eigenvalue weighted by Crippen LogP contribution is 2.13. The van der Waals surface area contributed by atoms with Crippen molar-refractivity contribution in [2.24, 2.45) is 0 Å². The molecule has 1 amide bonds. The fourth-order valence-corrected chi connectivity index (χ4v) is 1.26. The number of carbonyl (C=O) groups is 1. The van der Waals surface area contributed by atoms with Crippen LogP contribution in [0.1, 0.15) is 24.2 Å². The van der Waals surface area contributed by atoms with Gasteiger partial charge in [0.25, 0.3) is 5.91 Å². The number of nitrogens with one attached hydrogen (secondary N) is 3. The molecule has 3 N–H and O–H groups in total. The van der Waals surface area contributed by atoms with E-state index in [9.17, 15) is 4.79 Å². The summed E-state index contributed by atoms with van der Waals surface area (Å²) < 4.78 is 5.49. The van der Waals surface area contributed by atoms with E-state index in [1.165, 1.54) is 0 Å². The number of amides is 1. The Bertz CT molecular complexity index is 418. The van der Waals surface area contributed by atoms with Gasteiger partial charge in [0.05, 0.1) is 6.10 Å². The van der Waals surface area contributed by atoms with Crippen molar-refractivity contribution in [3.8, 4) is 5.75 Å². The Labute approximate surface area is 112 Å². The first-order valence-corrected chi connectivity index (χ1v) is 5.98. The SMILES string of the molecule is CNC(=S)NNC(=O)c1ccc(OC(C)C)cc1. The summed E-state index contributed by atoms with van der Waals surface area (Å²) in [5.41, 5.74) is 5.57. The standard InChI is InChI=1S/C12H17N3O2S/c1-8(2)17-10-6-4-9(5-7-10)11(16)14-15-12(18)13-3/h4-8H,1-3H3,(H,14,16)(H2,13,15,18). The van der Waals surface area contributed by atoms with E-state index in [-0.39, 0.29) is 12.0 Å². The summed E-state index contributed by atoms with van der Waals surface area (Å²) in [5.74, 6) is 0.476. The van der Waals surface area contributed by atoms with Crippen molar-refractivity contribution in [3.05, 3.63) is 29.8 Å². The summed E-state index contributed by atoms with van der Waals surface area (Å²) in [6.45, 7) is 3.90. The van der Waals surface area contributed by atoms with Crippen LogP contribution in [0, 0.1) is 0 Å². The van der Waals surface area contributed by atoms with E-state index < -0.39 is 0 Å². The topological polar surface area (TPSA) is 62.4 Å². The lowest BCUT2D eigenvalue weighted by atomic mass is 10.2. The summed E-state index contributed by atoms with van der Waals surface area (Å²) in [5, 5.41) is 3.04. The summed E-state index contributed by atoms with van der Waals surface area (Å²) in [7, 11) is 1.67. The highest BCUT2D eigenvalue weighted by atomic mass is 32.1. The average molecular weight is 267 g/mol. The van der Waals surface area contributed by atoms with Gasteiger partial charge in [-0.1, -0.05) is 0 Å². The van der Waals surface area contributed by atoms with Gasteiger partial charge in [0, 0.05) is 12.6 Å². The quantitative estimate of drug-likeness (QED) is 0.567. The van der Waals surface area contributed by atoms with Crippen molar-refractivity contribution >= 4 is 23.2 Å². The Balaban J connectivity index is 2.56. The molecule has 0 fully saturated rings. The lowest BCUT2D eigenvalue weighted by molar-refractivity contribution is 0.0943. The molecule has 0 aliphatic heterocycles. The van der Waals surface area contributed by atoms with Crippen LogP contribution in [0.15, 0.2) is 24.3 Å². The molecule has 1 aromatic carbocycles. The first kappa shape index (κ1) is 14.2. The lowest BCUT2D eigenvalue weighted by Crippen LogP contribution is -2.45. The minimum Gasteiger partial charge on any atom is -0.491 e. The number of benzene rings is 1. The Kier molecular flexibility index (Phi) is 5.38. The maximum atomic E-state index is 11.7. The predicted octanol–water partition coefficient (Wildman–Crippen LogP) is 1.21. The van der Waals surface area contributed by atoms with E-state index in [0.717, 1.165) is 5.75 Å². The van der Waals surface area contributed by atoms with Gasteiger partial charge in [0.1, 0.15) is 5.75 Å². The summed E-state index contributed by atoms with van der Waals surface area (Å²) in [6, 6.07) is 6.89. The van der Waals surface area contributed by atoms with Gasteiger partial charge in [-0.25, -0.2) is 0 Å². The van der Waals surface area contributed by atoms with Crippen molar-refractivity contribution in [1.82, 2.24) is 16.2 Å². The molecule has 5 nitrogen and oxygen atoms in total. The number of ether oxygens (including phenoxy) is 1. The highest BCUT2D eigenvalue weighted by molar-refractivity contribution is 7.80. The molecule has 0 spiro atoms. The maximum absolute atomic E-state index is 11.7. The lowest BCUT2D eigenvalue weighted by Gasteiger charge is -2.11. The Morgan fingerprint density at radius 3 is 2.33 bits per heavy atom. The van der Waals surface area contributed by atoms with Gasteiger partial charge in [-0.15, -0.1) is 0 Å². The third-order valence-corrected chi connectivity index (χ3v) is 2.31. The van der Waals surface area contributed by atoms with Gasteiger partial charge in [-0.05, 0) is 50.3 Å². The van der Waals surface area contributed by atoms with Crippen molar-refractivity contribution in [2.75, 3.05) is 7.05 Å². The second-order valence-electron chi connectivity index (χ2n) is 3.85. The van der Waals surface area contributed by atoms with E-state index in [1.54, 1.807) is 31.3 Å². The van der Waals surface area contributed by atoms with Gasteiger partial charge < -0.3 is 10.1 Å². The number of rotatable bonds is 3. The summed E-state index contributed by atoms with van der Waals surface area (Å²) in [6.07, 6.45) is 0.111. The van der Waals surface area contributed by atoms with Gasteiger partial charge in [-0.2, -0.15) is 0 Å². The second kappa shape index (κ2) is 6.80. The van der Waals surface area contributed by atoms with Crippen LogP contribution < -0.4 is 20.9 Å². The number of hydrazine groups is 1. The van der Waals surface area contributed by atoms with Gasteiger partial charge in [0.2, 0.25) is 0 Å². The zero-order valence-corrected chi connectivity index (χ0v) is 11.4. The third kappa shape index (κ3) is 4.58. The molecule has 1 aromatic rings. The van der Waals surface area contributed by atoms with Crippen LogP contribution in [0.3, 0.4) is 0 Å². The molecular formula is C12H17N3O2S. The van der Waals surface area contributed by atoms with Gasteiger partial charge in [0.15, 0.2) is 5.11 Å². The Morgan fingerprint density at radius 2 is 1.83 bits per heavy atom. The van der Waals surface area contributed by atoms with E-state index >= 15 is 0 Å². The van der Waals surface area contributed by atoms with Gasteiger partial charge >= 0.3 is 0 Å². The van der Waals surface area contributed by atoms with E-state index in [0.29, 0.717) is 10.7 Å². The first-order chi connectivity index (χ1) is 8.52. The van der Waals surface area contributed by atoms with Gasteiger partial charge in [-0.3, -0.25) is 15.6 Å². The molecule has 0 atom stereocenters.